The van der Waals surface area contributed by atoms with Crippen molar-refractivity contribution in [2.24, 2.45) is 0 Å². The highest BCUT2D eigenvalue weighted by atomic mass is 19.1. The predicted molar refractivity (Wildman–Crippen MR) is 109 cm³/mol. The third-order valence-corrected chi connectivity index (χ3v) is 4.58. The average Bonchev–Trinajstić information content (AvgIpc) is 3.40. The van der Waals surface area contributed by atoms with E-state index in [9.17, 15) is 9.18 Å². The number of pyridine rings is 1. The molecule has 3 heterocycles. The Bertz CT molecular complexity index is 1220. The van der Waals surface area contributed by atoms with Gasteiger partial charge in [-0.3, -0.25) is 9.20 Å². The first kappa shape index (κ1) is 20.6. The van der Waals surface area contributed by atoms with Crippen LogP contribution in [0.5, 0.6) is 0 Å². The van der Waals surface area contributed by atoms with E-state index in [2.05, 4.69) is 20.4 Å². The average molecular weight is 425 g/mol. The summed E-state index contributed by atoms with van der Waals surface area (Å²) in [5.74, 6) is -0.631. The Kier molecular flexibility index (Phi) is 6.01. The van der Waals surface area contributed by atoms with E-state index >= 15 is 0 Å². The quantitative estimate of drug-likeness (QED) is 0.432. The number of carbonyl (C=O) groups is 1. The summed E-state index contributed by atoms with van der Waals surface area (Å²) in [6, 6.07) is 8.23. The second-order valence-corrected chi connectivity index (χ2v) is 6.73. The number of carbonyl (C=O) groups excluding carboxylic acids is 1. The molecule has 0 radical (unpaired) electrons. The van der Waals surface area contributed by atoms with Crippen LogP contribution in [0.3, 0.4) is 0 Å². The van der Waals surface area contributed by atoms with Crippen LogP contribution in [-0.2, 0) is 16.1 Å². The van der Waals surface area contributed by atoms with Crippen molar-refractivity contribution in [3.05, 3.63) is 65.7 Å². The van der Waals surface area contributed by atoms with Crippen LogP contribution < -0.4 is 5.32 Å². The van der Waals surface area contributed by atoms with E-state index in [1.165, 1.54) is 18.3 Å². The van der Waals surface area contributed by atoms with E-state index in [4.69, 9.17) is 14.0 Å². The minimum Gasteiger partial charge on any atom is -0.382 e. The number of benzene rings is 1. The number of methoxy groups -OCH3 is 1. The summed E-state index contributed by atoms with van der Waals surface area (Å²) >= 11 is 0. The number of hydrogen-bond acceptors (Lipinski definition) is 7. The predicted octanol–water partition coefficient (Wildman–Crippen LogP) is 3.25. The number of rotatable bonds is 8. The van der Waals surface area contributed by atoms with Crippen LogP contribution in [0.4, 0.5) is 10.1 Å². The maximum Gasteiger partial charge on any atom is 0.274 e. The fraction of sp³-hybridized carbons (Fsp3) is 0.238. The number of nitrogens with zero attached hydrogens (tertiary/aromatic N) is 4. The summed E-state index contributed by atoms with van der Waals surface area (Å²) in [4.78, 5) is 21.2. The van der Waals surface area contributed by atoms with E-state index < -0.39 is 5.82 Å². The van der Waals surface area contributed by atoms with Gasteiger partial charge in [0.2, 0.25) is 5.82 Å². The zero-order valence-corrected chi connectivity index (χ0v) is 17.0. The minimum atomic E-state index is -0.530. The number of aromatic nitrogens is 4. The molecule has 31 heavy (non-hydrogen) atoms. The number of aryl methyl sites for hydroxylation is 1. The van der Waals surface area contributed by atoms with Crippen LogP contribution in [0.25, 0.3) is 17.0 Å². The maximum atomic E-state index is 14.6. The van der Waals surface area contributed by atoms with Gasteiger partial charge in [-0.1, -0.05) is 11.2 Å². The molecule has 1 N–H and O–H groups in total. The van der Waals surface area contributed by atoms with Gasteiger partial charge < -0.3 is 19.3 Å². The molecule has 4 aromatic rings. The molecule has 0 saturated heterocycles. The van der Waals surface area contributed by atoms with Crippen molar-refractivity contribution in [2.45, 2.75) is 13.5 Å². The molecule has 0 aliphatic rings. The van der Waals surface area contributed by atoms with Crippen molar-refractivity contribution in [1.82, 2.24) is 19.5 Å². The van der Waals surface area contributed by atoms with Gasteiger partial charge >= 0.3 is 0 Å². The highest BCUT2D eigenvalue weighted by Crippen LogP contribution is 2.27. The molecule has 0 fully saturated rings. The van der Waals surface area contributed by atoms with Gasteiger partial charge in [-0.2, -0.15) is 4.98 Å². The molecule has 10 heteroatoms. The third-order valence-electron chi connectivity index (χ3n) is 4.58. The molecule has 0 aliphatic heterocycles. The molecule has 0 saturated carbocycles. The van der Waals surface area contributed by atoms with Crippen LogP contribution in [0.1, 0.15) is 21.9 Å². The van der Waals surface area contributed by atoms with E-state index in [1.54, 1.807) is 36.8 Å². The summed E-state index contributed by atoms with van der Waals surface area (Å²) < 4.78 is 31.6. The summed E-state index contributed by atoms with van der Waals surface area (Å²) in [6.45, 7) is 2.58. The van der Waals surface area contributed by atoms with E-state index in [0.717, 1.165) is 0 Å². The maximum absolute atomic E-state index is 14.6. The number of fused-ring (bicyclic) bond motifs is 1. The molecule has 0 aliphatic carbocycles. The molecule has 0 bridgehead atoms. The second kappa shape index (κ2) is 9.02. The first-order valence-corrected chi connectivity index (χ1v) is 9.50. The standard InChI is InChI=1S/C21H20FN5O4/c1-13-9-15(22)14(20-25-19(31-26-20)12-30-8-7-29-2)10-16(13)24-21(28)17-11-23-18-5-3-4-6-27(17)18/h3-6,9-11H,7-8,12H2,1-2H3,(H,24,28). The Labute approximate surface area is 176 Å². The fourth-order valence-electron chi connectivity index (χ4n) is 2.99. The van der Waals surface area contributed by atoms with Crippen LogP contribution in [0.2, 0.25) is 0 Å². The lowest BCUT2D eigenvalue weighted by atomic mass is 10.1. The van der Waals surface area contributed by atoms with Crippen LogP contribution >= 0.6 is 0 Å². The van der Waals surface area contributed by atoms with Gasteiger partial charge in [-0.05, 0) is 36.8 Å². The van der Waals surface area contributed by atoms with E-state index in [0.29, 0.717) is 35.8 Å². The lowest BCUT2D eigenvalue weighted by Crippen LogP contribution is -2.15. The second-order valence-electron chi connectivity index (χ2n) is 6.73. The number of imidazole rings is 1. The summed E-state index contributed by atoms with van der Waals surface area (Å²) in [5, 5.41) is 6.63. The number of anilines is 1. The van der Waals surface area contributed by atoms with Crippen LogP contribution in [0.15, 0.2) is 47.2 Å². The van der Waals surface area contributed by atoms with Crippen molar-refractivity contribution < 1.29 is 23.2 Å². The highest BCUT2D eigenvalue weighted by molar-refractivity contribution is 6.04. The summed E-state index contributed by atoms with van der Waals surface area (Å²) in [7, 11) is 1.57. The molecule has 0 atom stereocenters. The van der Waals surface area contributed by atoms with Crippen LogP contribution in [-0.4, -0.2) is 45.8 Å². The zero-order valence-electron chi connectivity index (χ0n) is 17.0. The first-order chi connectivity index (χ1) is 15.1. The molecule has 9 nitrogen and oxygen atoms in total. The Morgan fingerprint density at radius 3 is 3.00 bits per heavy atom. The number of nitrogens with one attached hydrogen (secondary N) is 1. The number of ether oxygens (including phenoxy) is 2. The molecule has 3 aromatic heterocycles. The van der Waals surface area contributed by atoms with Crippen molar-refractivity contribution in [1.29, 1.82) is 0 Å². The lowest BCUT2D eigenvalue weighted by molar-refractivity contribution is 0.0494. The van der Waals surface area contributed by atoms with Gasteiger partial charge in [0.25, 0.3) is 11.8 Å². The van der Waals surface area contributed by atoms with Crippen molar-refractivity contribution in [3.63, 3.8) is 0 Å². The molecule has 4 rings (SSSR count). The lowest BCUT2D eigenvalue weighted by Gasteiger charge is -2.10. The molecular formula is C21H20FN5O4. The smallest absolute Gasteiger partial charge is 0.274 e. The van der Waals surface area contributed by atoms with E-state index in [-0.39, 0.29) is 29.8 Å². The SMILES string of the molecule is COCCOCc1nc(-c2cc(NC(=O)c3cnc4ccccn34)c(C)cc2F)no1. The Hall–Kier alpha value is -3.63. The number of hydrogen-bond donors (Lipinski definition) is 1. The Morgan fingerprint density at radius 2 is 2.16 bits per heavy atom. The monoisotopic (exact) mass is 425 g/mol. The Balaban J connectivity index is 1.55. The largest absolute Gasteiger partial charge is 0.382 e. The van der Waals surface area contributed by atoms with Crippen molar-refractivity contribution >= 4 is 17.2 Å². The van der Waals surface area contributed by atoms with Gasteiger partial charge in [0, 0.05) is 19.0 Å². The molecular weight excluding hydrogens is 405 g/mol. The molecule has 0 spiro atoms. The van der Waals surface area contributed by atoms with Gasteiger partial charge in [0.15, 0.2) is 0 Å². The van der Waals surface area contributed by atoms with Crippen molar-refractivity contribution in [3.8, 4) is 11.4 Å². The third kappa shape index (κ3) is 4.44. The van der Waals surface area contributed by atoms with Gasteiger partial charge in [0.1, 0.15) is 23.8 Å². The topological polar surface area (TPSA) is 104 Å². The zero-order chi connectivity index (χ0) is 21.8. The fourth-order valence-corrected chi connectivity index (χ4v) is 2.99. The molecule has 0 unspecified atom stereocenters. The molecule has 1 amide bonds. The first-order valence-electron chi connectivity index (χ1n) is 9.50. The van der Waals surface area contributed by atoms with Gasteiger partial charge in [-0.25, -0.2) is 9.37 Å². The summed E-state index contributed by atoms with van der Waals surface area (Å²) in [6.07, 6.45) is 3.23. The molecule has 1 aromatic carbocycles. The Morgan fingerprint density at radius 1 is 1.29 bits per heavy atom. The van der Waals surface area contributed by atoms with Crippen LogP contribution in [0, 0.1) is 12.7 Å². The summed E-state index contributed by atoms with van der Waals surface area (Å²) in [5.41, 5.74) is 2.09. The van der Waals surface area contributed by atoms with E-state index in [1.807, 2.05) is 6.07 Å². The normalized spacial score (nSPS) is 11.2. The molecule has 160 valence electrons. The number of halogens is 1. The van der Waals surface area contributed by atoms with Gasteiger partial charge in [0.05, 0.1) is 25.0 Å². The number of amides is 1. The van der Waals surface area contributed by atoms with Gasteiger partial charge in [-0.15, -0.1) is 0 Å². The minimum absolute atomic E-state index is 0.0631. The van der Waals surface area contributed by atoms with Crippen molar-refractivity contribution in [2.75, 3.05) is 25.6 Å². The highest BCUT2D eigenvalue weighted by Gasteiger charge is 2.18.